The van der Waals surface area contributed by atoms with Crippen molar-refractivity contribution in [3.05, 3.63) is 52.5 Å². The van der Waals surface area contributed by atoms with E-state index in [0.29, 0.717) is 10.0 Å². The van der Waals surface area contributed by atoms with Crippen LogP contribution in [-0.2, 0) is 0 Å². The molecule has 0 saturated carbocycles. The minimum Gasteiger partial charge on any atom is -0.388 e. The Labute approximate surface area is 105 Å². The standard InChI is InChI=1S/C13H11Cl2N/c1-16-11-5-2-9(3-6-11)10-4-7-12(14)13(15)8-10/h2-8,16H,1H3. The van der Waals surface area contributed by atoms with Crippen LogP contribution >= 0.6 is 23.2 Å². The van der Waals surface area contributed by atoms with Gasteiger partial charge in [-0.05, 0) is 35.4 Å². The molecule has 0 saturated heterocycles. The molecule has 0 bridgehead atoms. The highest BCUT2D eigenvalue weighted by Crippen LogP contribution is 2.28. The Morgan fingerprint density at radius 1 is 0.812 bits per heavy atom. The van der Waals surface area contributed by atoms with Crippen LogP contribution in [0.3, 0.4) is 0 Å². The summed E-state index contributed by atoms with van der Waals surface area (Å²) in [4.78, 5) is 0. The fourth-order valence-corrected chi connectivity index (χ4v) is 1.80. The van der Waals surface area contributed by atoms with Crippen LogP contribution in [0, 0.1) is 0 Å². The van der Waals surface area contributed by atoms with E-state index in [0.717, 1.165) is 16.8 Å². The minimum atomic E-state index is 0.580. The van der Waals surface area contributed by atoms with E-state index in [1.165, 1.54) is 0 Å². The highest BCUT2D eigenvalue weighted by Gasteiger charge is 2.01. The fourth-order valence-electron chi connectivity index (χ4n) is 1.51. The van der Waals surface area contributed by atoms with E-state index in [9.17, 15) is 0 Å². The van der Waals surface area contributed by atoms with Gasteiger partial charge in [-0.25, -0.2) is 0 Å². The molecule has 16 heavy (non-hydrogen) atoms. The predicted octanol–water partition coefficient (Wildman–Crippen LogP) is 4.70. The van der Waals surface area contributed by atoms with Crippen LogP contribution in [0.15, 0.2) is 42.5 Å². The normalized spacial score (nSPS) is 10.2. The Hall–Kier alpha value is -1.18. The van der Waals surface area contributed by atoms with Gasteiger partial charge in [-0.1, -0.05) is 41.4 Å². The van der Waals surface area contributed by atoms with Crippen molar-refractivity contribution in [2.45, 2.75) is 0 Å². The number of hydrogen-bond acceptors (Lipinski definition) is 1. The van der Waals surface area contributed by atoms with Crippen LogP contribution in [0.2, 0.25) is 10.0 Å². The summed E-state index contributed by atoms with van der Waals surface area (Å²) in [6.07, 6.45) is 0. The van der Waals surface area contributed by atoms with Gasteiger partial charge in [0.2, 0.25) is 0 Å². The number of anilines is 1. The molecule has 0 spiro atoms. The molecule has 0 aromatic heterocycles. The Morgan fingerprint density at radius 3 is 2.00 bits per heavy atom. The molecule has 0 aliphatic heterocycles. The quantitative estimate of drug-likeness (QED) is 0.816. The lowest BCUT2D eigenvalue weighted by atomic mass is 10.1. The summed E-state index contributed by atoms with van der Waals surface area (Å²) in [6, 6.07) is 13.8. The van der Waals surface area contributed by atoms with Crippen molar-refractivity contribution >= 4 is 28.9 Å². The molecule has 0 amide bonds. The highest BCUT2D eigenvalue weighted by molar-refractivity contribution is 6.42. The average molecular weight is 252 g/mol. The van der Waals surface area contributed by atoms with Crippen LogP contribution in [-0.4, -0.2) is 7.05 Å². The molecule has 1 N–H and O–H groups in total. The maximum absolute atomic E-state index is 5.98. The molecule has 2 rings (SSSR count). The summed E-state index contributed by atoms with van der Waals surface area (Å²) >= 11 is 11.9. The molecule has 0 aliphatic carbocycles. The van der Waals surface area contributed by atoms with Crippen LogP contribution < -0.4 is 5.32 Å². The number of hydrogen-bond donors (Lipinski definition) is 1. The molecule has 0 unspecified atom stereocenters. The Balaban J connectivity index is 2.38. The van der Waals surface area contributed by atoms with E-state index >= 15 is 0 Å². The van der Waals surface area contributed by atoms with Gasteiger partial charge in [-0.3, -0.25) is 0 Å². The van der Waals surface area contributed by atoms with Gasteiger partial charge in [0.1, 0.15) is 0 Å². The van der Waals surface area contributed by atoms with Gasteiger partial charge >= 0.3 is 0 Å². The monoisotopic (exact) mass is 251 g/mol. The second-order valence-electron chi connectivity index (χ2n) is 3.46. The van der Waals surface area contributed by atoms with Gasteiger partial charge < -0.3 is 5.32 Å². The van der Waals surface area contributed by atoms with Gasteiger partial charge in [-0.15, -0.1) is 0 Å². The Morgan fingerprint density at radius 2 is 1.44 bits per heavy atom. The first-order chi connectivity index (χ1) is 7.70. The van der Waals surface area contributed by atoms with Crippen molar-refractivity contribution in [1.29, 1.82) is 0 Å². The molecule has 0 fully saturated rings. The lowest BCUT2D eigenvalue weighted by Crippen LogP contribution is -1.86. The molecule has 2 aromatic carbocycles. The van der Waals surface area contributed by atoms with E-state index in [1.54, 1.807) is 0 Å². The third-order valence-corrected chi connectivity index (χ3v) is 3.17. The summed E-state index contributed by atoms with van der Waals surface area (Å²) < 4.78 is 0. The third kappa shape index (κ3) is 2.31. The first-order valence-corrected chi connectivity index (χ1v) is 5.69. The maximum Gasteiger partial charge on any atom is 0.0598 e. The fraction of sp³-hybridized carbons (Fsp3) is 0.0769. The molecule has 1 nitrogen and oxygen atoms in total. The molecular formula is C13H11Cl2N. The SMILES string of the molecule is CNc1ccc(-c2ccc(Cl)c(Cl)c2)cc1. The number of halogens is 2. The zero-order valence-electron chi connectivity index (χ0n) is 8.80. The molecule has 2 aromatic rings. The van der Waals surface area contributed by atoms with Crippen LogP contribution in [0.4, 0.5) is 5.69 Å². The zero-order chi connectivity index (χ0) is 11.5. The first-order valence-electron chi connectivity index (χ1n) is 4.94. The zero-order valence-corrected chi connectivity index (χ0v) is 10.3. The van der Waals surface area contributed by atoms with E-state index in [2.05, 4.69) is 5.32 Å². The summed E-state index contributed by atoms with van der Waals surface area (Å²) in [5, 5.41) is 4.24. The van der Waals surface area contributed by atoms with Crippen molar-refractivity contribution in [2.75, 3.05) is 12.4 Å². The van der Waals surface area contributed by atoms with Crippen molar-refractivity contribution in [2.24, 2.45) is 0 Å². The molecule has 3 heteroatoms. The van der Waals surface area contributed by atoms with Gasteiger partial charge in [0.25, 0.3) is 0 Å². The molecular weight excluding hydrogens is 241 g/mol. The van der Waals surface area contributed by atoms with Crippen molar-refractivity contribution in [3.8, 4) is 11.1 Å². The number of rotatable bonds is 2. The summed E-state index contributed by atoms with van der Waals surface area (Å²) in [5.74, 6) is 0. The largest absolute Gasteiger partial charge is 0.388 e. The number of benzene rings is 2. The maximum atomic E-state index is 5.98. The smallest absolute Gasteiger partial charge is 0.0598 e. The third-order valence-electron chi connectivity index (χ3n) is 2.43. The average Bonchev–Trinajstić information content (AvgIpc) is 2.33. The van der Waals surface area contributed by atoms with Crippen LogP contribution in [0.5, 0.6) is 0 Å². The van der Waals surface area contributed by atoms with E-state index in [-0.39, 0.29) is 0 Å². The minimum absolute atomic E-state index is 0.580. The lowest BCUT2D eigenvalue weighted by molar-refractivity contribution is 1.51. The van der Waals surface area contributed by atoms with Gasteiger partial charge in [-0.2, -0.15) is 0 Å². The molecule has 0 radical (unpaired) electrons. The van der Waals surface area contributed by atoms with Crippen LogP contribution in [0.25, 0.3) is 11.1 Å². The molecule has 82 valence electrons. The van der Waals surface area contributed by atoms with Crippen LogP contribution in [0.1, 0.15) is 0 Å². The second kappa shape index (κ2) is 4.77. The summed E-state index contributed by atoms with van der Waals surface area (Å²) in [7, 11) is 1.90. The molecule has 0 heterocycles. The second-order valence-corrected chi connectivity index (χ2v) is 4.27. The van der Waals surface area contributed by atoms with Gasteiger partial charge in [0.05, 0.1) is 10.0 Å². The highest BCUT2D eigenvalue weighted by atomic mass is 35.5. The molecule has 0 atom stereocenters. The van der Waals surface area contributed by atoms with E-state index < -0.39 is 0 Å². The van der Waals surface area contributed by atoms with E-state index in [4.69, 9.17) is 23.2 Å². The van der Waals surface area contributed by atoms with E-state index in [1.807, 2.05) is 49.5 Å². The summed E-state index contributed by atoms with van der Waals surface area (Å²) in [6.45, 7) is 0. The van der Waals surface area contributed by atoms with Crippen molar-refractivity contribution in [1.82, 2.24) is 0 Å². The topological polar surface area (TPSA) is 12.0 Å². The number of nitrogens with one attached hydrogen (secondary N) is 1. The van der Waals surface area contributed by atoms with Gasteiger partial charge in [0.15, 0.2) is 0 Å². The van der Waals surface area contributed by atoms with Crippen molar-refractivity contribution in [3.63, 3.8) is 0 Å². The Bertz CT molecular complexity index is 492. The predicted molar refractivity (Wildman–Crippen MR) is 71.4 cm³/mol. The lowest BCUT2D eigenvalue weighted by Gasteiger charge is -2.05. The Kier molecular flexibility index (Phi) is 3.37. The summed E-state index contributed by atoms with van der Waals surface area (Å²) in [5.41, 5.74) is 3.28. The van der Waals surface area contributed by atoms with Crippen molar-refractivity contribution < 1.29 is 0 Å². The first kappa shape index (κ1) is 11.3. The molecule has 0 aliphatic rings. The van der Waals surface area contributed by atoms with Gasteiger partial charge in [0, 0.05) is 12.7 Å².